The highest BCUT2D eigenvalue weighted by atomic mass is 32.1. The van der Waals surface area contributed by atoms with E-state index in [-0.39, 0.29) is 11.8 Å². The maximum absolute atomic E-state index is 11.6. The van der Waals surface area contributed by atoms with E-state index in [1.54, 1.807) is 0 Å². The van der Waals surface area contributed by atoms with Crippen LogP contribution in [-0.4, -0.2) is 5.91 Å². The molecular formula is C10H12N2OS. The second-order valence-electron chi connectivity index (χ2n) is 3.32. The summed E-state index contributed by atoms with van der Waals surface area (Å²) >= 11 is 1.45. The van der Waals surface area contributed by atoms with E-state index in [1.165, 1.54) is 11.3 Å². The largest absolute Gasteiger partial charge is 0.317 e. The topological polar surface area (TPSA) is 52.9 Å². The van der Waals surface area contributed by atoms with Crippen molar-refractivity contribution in [3.8, 4) is 6.07 Å². The first-order chi connectivity index (χ1) is 6.65. The van der Waals surface area contributed by atoms with Crippen LogP contribution in [0.3, 0.4) is 0 Å². The molecule has 0 bridgehead atoms. The zero-order chi connectivity index (χ0) is 10.6. The van der Waals surface area contributed by atoms with Crippen molar-refractivity contribution >= 4 is 22.2 Å². The number of nitrogens with one attached hydrogen (secondary N) is 1. The second kappa shape index (κ2) is 4.77. The second-order valence-corrected chi connectivity index (χ2v) is 4.27. The van der Waals surface area contributed by atoms with E-state index in [9.17, 15) is 4.79 Å². The van der Waals surface area contributed by atoms with Gasteiger partial charge >= 0.3 is 0 Å². The average molecular weight is 208 g/mol. The van der Waals surface area contributed by atoms with Gasteiger partial charge in [-0.2, -0.15) is 5.26 Å². The predicted octanol–water partition coefficient (Wildman–Crippen LogP) is 2.48. The molecule has 14 heavy (non-hydrogen) atoms. The van der Waals surface area contributed by atoms with Crippen LogP contribution in [0.25, 0.3) is 0 Å². The van der Waals surface area contributed by atoms with Gasteiger partial charge in [-0.1, -0.05) is 13.8 Å². The summed E-state index contributed by atoms with van der Waals surface area (Å²) in [6, 6.07) is 5.68. The Balaban J connectivity index is 2.62. The molecule has 0 aromatic carbocycles. The zero-order valence-corrected chi connectivity index (χ0v) is 8.97. The molecule has 1 amide bonds. The van der Waals surface area contributed by atoms with E-state index in [0.29, 0.717) is 0 Å². The Morgan fingerprint density at radius 2 is 2.36 bits per heavy atom. The number of rotatable bonds is 3. The minimum absolute atomic E-state index is 0.0416. The molecule has 0 saturated heterocycles. The number of nitrogens with zero attached hydrogens (tertiary/aromatic N) is 1. The van der Waals surface area contributed by atoms with Crippen molar-refractivity contribution in [2.75, 3.05) is 5.32 Å². The van der Waals surface area contributed by atoms with Gasteiger partial charge in [0, 0.05) is 0 Å². The summed E-state index contributed by atoms with van der Waals surface area (Å²) in [5, 5.41) is 14.2. The van der Waals surface area contributed by atoms with E-state index < -0.39 is 5.92 Å². The lowest BCUT2D eigenvalue weighted by molar-refractivity contribution is -0.119. The van der Waals surface area contributed by atoms with Crippen molar-refractivity contribution in [3.05, 3.63) is 17.5 Å². The van der Waals surface area contributed by atoms with Crippen LogP contribution >= 0.6 is 11.3 Å². The predicted molar refractivity (Wildman–Crippen MR) is 56.9 cm³/mol. The highest BCUT2D eigenvalue weighted by molar-refractivity contribution is 7.14. The lowest BCUT2D eigenvalue weighted by Gasteiger charge is -2.11. The molecule has 3 nitrogen and oxygen atoms in total. The van der Waals surface area contributed by atoms with Crippen molar-refractivity contribution in [1.29, 1.82) is 5.26 Å². The van der Waals surface area contributed by atoms with Gasteiger partial charge in [-0.15, -0.1) is 11.3 Å². The molecule has 0 aliphatic carbocycles. The number of hydrogen-bond donors (Lipinski definition) is 1. The minimum Gasteiger partial charge on any atom is -0.317 e. The van der Waals surface area contributed by atoms with Gasteiger partial charge in [0.15, 0.2) is 0 Å². The van der Waals surface area contributed by atoms with Crippen LogP contribution in [0.2, 0.25) is 0 Å². The molecule has 0 fully saturated rings. The Hall–Kier alpha value is -1.34. The first-order valence-corrected chi connectivity index (χ1v) is 5.27. The Bertz CT molecular complexity index is 338. The van der Waals surface area contributed by atoms with Gasteiger partial charge in [-0.25, -0.2) is 0 Å². The third kappa shape index (κ3) is 2.57. The first kappa shape index (κ1) is 10.7. The average Bonchev–Trinajstić information content (AvgIpc) is 2.57. The fraction of sp³-hybridized carbons (Fsp3) is 0.400. The lowest BCUT2D eigenvalue weighted by Crippen LogP contribution is -2.25. The quantitative estimate of drug-likeness (QED) is 0.829. The summed E-state index contributed by atoms with van der Waals surface area (Å²) in [4.78, 5) is 11.6. The van der Waals surface area contributed by atoms with Crippen LogP contribution in [0.15, 0.2) is 17.5 Å². The molecule has 0 saturated carbocycles. The lowest BCUT2D eigenvalue weighted by atomic mass is 9.97. The summed E-state index contributed by atoms with van der Waals surface area (Å²) in [7, 11) is 0. The molecule has 0 radical (unpaired) electrons. The maximum atomic E-state index is 11.6. The van der Waals surface area contributed by atoms with Crippen LogP contribution in [0.4, 0.5) is 5.00 Å². The van der Waals surface area contributed by atoms with Gasteiger partial charge in [0.2, 0.25) is 5.91 Å². The summed E-state index contributed by atoms with van der Waals surface area (Å²) in [5.74, 6) is -0.748. The molecule has 1 aromatic rings. The van der Waals surface area contributed by atoms with Gasteiger partial charge in [0.1, 0.15) is 5.92 Å². The Morgan fingerprint density at radius 3 is 2.79 bits per heavy atom. The van der Waals surface area contributed by atoms with E-state index >= 15 is 0 Å². The van der Waals surface area contributed by atoms with Crippen molar-refractivity contribution in [1.82, 2.24) is 0 Å². The van der Waals surface area contributed by atoms with Crippen LogP contribution in [0.1, 0.15) is 13.8 Å². The normalized spacial score (nSPS) is 12.1. The minimum atomic E-state index is -0.572. The molecule has 1 unspecified atom stereocenters. The SMILES string of the molecule is CC(C)C(C#N)C(=O)Nc1cccs1. The molecular weight excluding hydrogens is 196 g/mol. The van der Waals surface area contributed by atoms with Gasteiger partial charge in [0.25, 0.3) is 0 Å². The Morgan fingerprint density at radius 1 is 1.64 bits per heavy atom. The summed E-state index contributed by atoms with van der Waals surface area (Å²) in [5.41, 5.74) is 0. The molecule has 74 valence electrons. The highest BCUT2D eigenvalue weighted by Gasteiger charge is 2.21. The maximum Gasteiger partial charge on any atom is 0.242 e. The van der Waals surface area contributed by atoms with Gasteiger partial charge in [0.05, 0.1) is 11.1 Å². The zero-order valence-electron chi connectivity index (χ0n) is 8.15. The smallest absolute Gasteiger partial charge is 0.242 e. The van der Waals surface area contributed by atoms with E-state index in [0.717, 1.165) is 5.00 Å². The van der Waals surface area contributed by atoms with Crippen LogP contribution in [-0.2, 0) is 4.79 Å². The van der Waals surface area contributed by atoms with E-state index in [4.69, 9.17) is 5.26 Å². The number of carbonyl (C=O) groups is 1. The molecule has 1 aromatic heterocycles. The molecule has 0 spiro atoms. The number of thiophene rings is 1. The molecule has 4 heteroatoms. The molecule has 1 heterocycles. The number of hydrogen-bond acceptors (Lipinski definition) is 3. The molecule has 0 aliphatic heterocycles. The summed E-state index contributed by atoms with van der Waals surface area (Å²) in [6.07, 6.45) is 0. The van der Waals surface area contributed by atoms with Crippen LogP contribution in [0, 0.1) is 23.2 Å². The van der Waals surface area contributed by atoms with Gasteiger partial charge in [-0.3, -0.25) is 4.79 Å². The van der Waals surface area contributed by atoms with Crippen molar-refractivity contribution in [2.45, 2.75) is 13.8 Å². The highest BCUT2D eigenvalue weighted by Crippen LogP contribution is 2.18. The fourth-order valence-electron chi connectivity index (χ4n) is 1.06. The molecule has 1 N–H and O–H groups in total. The van der Waals surface area contributed by atoms with Crippen molar-refractivity contribution in [2.24, 2.45) is 11.8 Å². The third-order valence-electron chi connectivity index (χ3n) is 1.86. The van der Waals surface area contributed by atoms with Crippen LogP contribution < -0.4 is 5.32 Å². The number of nitriles is 1. The standard InChI is InChI=1S/C10H12N2OS/c1-7(2)8(6-11)10(13)12-9-4-3-5-14-9/h3-5,7-8H,1-2H3,(H,12,13). The summed E-state index contributed by atoms with van der Waals surface area (Å²) in [6.45, 7) is 3.73. The third-order valence-corrected chi connectivity index (χ3v) is 2.64. The molecule has 1 rings (SSSR count). The fourth-order valence-corrected chi connectivity index (χ4v) is 1.68. The summed E-state index contributed by atoms with van der Waals surface area (Å²) < 4.78 is 0. The van der Waals surface area contributed by atoms with E-state index in [1.807, 2.05) is 37.4 Å². The van der Waals surface area contributed by atoms with Gasteiger partial charge in [-0.05, 0) is 23.4 Å². The first-order valence-electron chi connectivity index (χ1n) is 4.39. The molecule has 0 aliphatic rings. The Kier molecular flexibility index (Phi) is 3.66. The number of amides is 1. The number of carbonyl (C=O) groups excluding carboxylic acids is 1. The van der Waals surface area contributed by atoms with Crippen molar-refractivity contribution < 1.29 is 4.79 Å². The van der Waals surface area contributed by atoms with Crippen molar-refractivity contribution in [3.63, 3.8) is 0 Å². The Labute approximate surface area is 87.4 Å². The van der Waals surface area contributed by atoms with Gasteiger partial charge < -0.3 is 5.32 Å². The van der Waals surface area contributed by atoms with Crippen LogP contribution in [0.5, 0.6) is 0 Å². The molecule has 1 atom stereocenters. The monoisotopic (exact) mass is 208 g/mol. The number of anilines is 1. The van der Waals surface area contributed by atoms with E-state index in [2.05, 4.69) is 5.32 Å².